The van der Waals surface area contributed by atoms with Crippen LogP contribution in [-0.2, 0) is 6.54 Å². The lowest BCUT2D eigenvalue weighted by molar-refractivity contribution is 0.0953. The lowest BCUT2D eigenvalue weighted by atomic mass is 10.2. The number of nitrogens with zero attached hydrogens (tertiary/aromatic N) is 2. The number of phenolic OH excluding ortho intramolecular Hbond substituents is 1. The molecule has 0 bridgehead atoms. The van der Waals surface area contributed by atoms with Gasteiger partial charge in [0, 0.05) is 16.8 Å². The van der Waals surface area contributed by atoms with E-state index in [0.717, 1.165) is 5.56 Å². The molecule has 7 nitrogen and oxygen atoms in total. The Hall–Kier alpha value is -3.29. The first kappa shape index (κ1) is 21.4. The van der Waals surface area contributed by atoms with Gasteiger partial charge in [-0.2, -0.15) is 5.10 Å². The van der Waals surface area contributed by atoms with E-state index in [1.807, 2.05) is 0 Å². The Kier molecular flexibility index (Phi) is 6.76. The number of halogens is 2. The van der Waals surface area contributed by atoms with Crippen molar-refractivity contribution >= 4 is 35.3 Å². The molecule has 3 rings (SSSR count). The number of pyridine rings is 1. The standard InChI is InChI=1S/C21H17Cl2N3O4/c1-30-17-9-6-14(18(23)19(17)27)11-24-25-20(28)16-3-2-10-26(21(16)29)12-13-4-7-15(22)8-5-13/h2-11,27H,12H2,1H3,(H,25,28)/b24-11-. The number of hydrogen-bond donors (Lipinski definition) is 2. The maximum atomic E-state index is 12.6. The quantitative estimate of drug-likeness (QED) is 0.446. The lowest BCUT2D eigenvalue weighted by Crippen LogP contribution is -2.30. The molecule has 0 aliphatic rings. The number of hydrazone groups is 1. The third kappa shape index (κ3) is 4.82. The molecule has 9 heteroatoms. The van der Waals surface area contributed by atoms with E-state index in [2.05, 4.69) is 10.5 Å². The molecule has 0 aliphatic heterocycles. The topological polar surface area (TPSA) is 92.9 Å². The molecule has 2 N–H and O–H groups in total. The van der Waals surface area contributed by atoms with Crippen molar-refractivity contribution < 1.29 is 14.6 Å². The van der Waals surface area contributed by atoms with Gasteiger partial charge in [-0.25, -0.2) is 5.43 Å². The van der Waals surface area contributed by atoms with E-state index in [4.69, 9.17) is 27.9 Å². The molecule has 1 amide bonds. The van der Waals surface area contributed by atoms with Gasteiger partial charge in [0.1, 0.15) is 5.56 Å². The molecule has 0 fully saturated rings. The molecule has 1 heterocycles. The van der Waals surface area contributed by atoms with Crippen LogP contribution in [0.3, 0.4) is 0 Å². The zero-order chi connectivity index (χ0) is 21.7. The molecule has 0 saturated heterocycles. The summed E-state index contributed by atoms with van der Waals surface area (Å²) < 4.78 is 6.38. The van der Waals surface area contributed by atoms with E-state index in [1.165, 1.54) is 30.0 Å². The minimum Gasteiger partial charge on any atom is -0.503 e. The first-order valence-electron chi connectivity index (χ1n) is 8.73. The number of rotatable bonds is 6. The first-order valence-corrected chi connectivity index (χ1v) is 9.49. The van der Waals surface area contributed by atoms with Gasteiger partial charge < -0.3 is 14.4 Å². The first-order chi connectivity index (χ1) is 14.4. The second kappa shape index (κ2) is 9.47. The SMILES string of the molecule is COc1ccc(/C=N\NC(=O)c2cccn(Cc3ccc(Cl)cc3)c2=O)c(Cl)c1O. The van der Waals surface area contributed by atoms with Crippen molar-refractivity contribution in [2.24, 2.45) is 5.10 Å². The van der Waals surface area contributed by atoms with Gasteiger partial charge in [0.25, 0.3) is 11.5 Å². The molecule has 0 unspecified atom stereocenters. The van der Waals surface area contributed by atoms with Crippen molar-refractivity contribution in [3.05, 3.63) is 91.8 Å². The molecular formula is C21H17Cl2N3O4. The number of carbonyl (C=O) groups is 1. The smallest absolute Gasteiger partial charge is 0.276 e. The van der Waals surface area contributed by atoms with Crippen LogP contribution in [0, 0.1) is 0 Å². The maximum Gasteiger partial charge on any atom is 0.276 e. The molecule has 0 spiro atoms. The van der Waals surface area contributed by atoms with Crippen LogP contribution in [0.25, 0.3) is 0 Å². The fraction of sp³-hybridized carbons (Fsp3) is 0.0952. The van der Waals surface area contributed by atoms with E-state index in [9.17, 15) is 14.7 Å². The molecule has 0 atom stereocenters. The zero-order valence-corrected chi connectivity index (χ0v) is 17.3. The van der Waals surface area contributed by atoms with Gasteiger partial charge in [0.2, 0.25) is 0 Å². The minimum absolute atomic E-state index is 0.0254. The Morgan fingerprint density at radius 3 is 2.63 bits per heavy atom. The molecule has 0 saturated carbocycles. The highest BCUT2D eigenvalue weighted by atomic mass is 35.5. The minimum atomic E-state index is -0.671. The Morgan fingerprint density at radius 1 is 1.20 bits per heavy atom. The van der Waals surface area contributed by atoms with Crippen molar-refractivity contribution in [3.8, 4) is 11.5 Å². The van der Waals surface area contributed by atoms with E-state index in [0.29, 0.717) is 17.1 Å². The summed E-state index contributed by atoms with van der Waals surface area (Å²) >= 11 is 11.9. The second-order valence-corrected chi connectivity index (χ2v) is 7.01. The van der Waals surface area contributed by atoms with Crippen molar-refractivity contribution in [1.82, 2.24) is 9.99 Å². The van der Waals surface area contributed by atoms with Crippen molar-refractivity contribution in [2.45, 2.75) is 6.54 Å². The van der Waals surface area contributed by atoms with Crippen LogP contribution < -0.4 is 15.7 Å². The Labute approximate surface area is 182 Å². The summed E-state index contributed by atoms with van der Waals surface area (Å²) in [6.07, 6.45) is 2.85. The summed E-state index contributed by atoms with van der Waals surface area (Å²) in [5.41, 5.74) is 3.00. The van der Waals surface area contributed by atoms with E-state index >= 15 is 0 Å². The van der Waals surface area contributed by atoms with Crippen molar-refractivity contribution in [1.29, 1.82) is 0 Å². The Morgan fingerprint density at radius 2 is 1.93 bits per heavy atom. The molecule has 3 aromatic rings. The number of amides is 1. The van der Waals surface area contributed by atoms with Gasteiger partial charge in [-0.05, 0) is 42.0 Å². The predicted octanol–water partition coefficient (Wildman–Crippen LogP) is 3.68. The predicted molar refractivity (Wildman–Crippen MR) is 116 cm³/mol. The number of aromatic hydroxyl groups is 1. The number of methoxy groups -OCH3 is 1. The number of benzene rings is 2. The van der Waals surface area contributed by atoms with Crippen LogP contribution in [0.15, 0.2) is 64.6 Å². The third-order valence-corrected chi connectivity index (χ3v) is 4.88. The summed E-state index contributed by atoms with van der Waals surface area (Å²) in [4.78, 5) is 25.0. The molecule has 0 aliphatic carbocycles. The molecule has 0 radical (unpaired) electrons. The molecule has 1 aromatic heterocycles. The molecular weight excluding hydrogens is 429 g/mol. The maximum absolute atomic E-state index is 12.6. The summed E-state index contributed by atoms with van der Waals surface area (Å²) in [6, 6.07) is 13.2. The van der Waals surface area contributed by atoms with Crippen LogP contribution in [0.4, 0.5) is 0 Å². The number of hydrogen-bond acceptors (Lipinski definition) is 5. The van der Waals surface area contributed by atoms with E-state index in [-0.39, 0.29) is 22.1 Å². The highest BCUT2D eigenvalue weighted by Gasteiger charge is 2.13. The molecule has 30 heavy (non-hydrogen) atoms. The number of aromatic nitrogens is 1. The van der Waals surface area contributed by atoms with Crippen LogP contribution >= 0.6 is 23.2 Å². The lowest BCUT2D eigenvalue weighted by Gasteiger charge is -2.08. The van der Waals surface area contributed by atoms with Crippen LogP contribution in [0.1, 0.15) is 21.5 Å². The van der Waals surface area contributed by atoms with Gasteiger partial charge in [-0.15, -0.1) is 0 Å². The summed E-state index contributed by atoms with van der Waals surface area (Å²) in [6.45, 7) is 0.293. The van der Waals surface area contributed by atoms with Gasteiger partial charge >= 0.3 is 0 Å². The summed E-state index contributed by atoms with van der Waals surface area (Å²) in [7, 11) is 1.40. The average Bonchev–Trinajstić information content (AvgIpc) is 2.74. The van der Waals surface area contributed by atoms with Gasteiger partial charge in [0.15, 0.2) is 11.5 Å². The average molecular weight is 446 g/mol. The molecule has 154 valence electrons. The second-order valence-electron chi connectivity index (χ2n) is 6.20. The van der Waals surface area contributed by atoms with Gasteiger partial charge in [-0.1, -0.05) is 35.3 Å². The van der Waals surface area contributed by atoms with Gasteiger partial charge in [-0.3, -0.25) is 9.59 Å². The normalized spacial score (nSPS) is 10.9. The number of phenols is 1. The molecule has 2 aromatic carbocycles. The fourth-order valence-electron chi connectivity index (χ4n) is 2.67. The number of nitrogens with one attached hydrogen (secondary N) is 1. The Bertz CT molecular complexity index is 1160. The Balaban J connectivity index is 1.74. The third-order valence-electron chi connectivity index (χ3n) is 4.23. The summed E-state index contributed by atoms with van der Waals surface area (Å²) in [5, 5.41) is 14.4. The van der Waals surface area contributed by atoms with Crippen LogP contribution in [0.2, 0.25) is 10.0 Å². The summed E-state index contributed by atoms with van der Waals surface area (Å²) in [5.74, 6) is -0.690. The van der Waals surface area contributed by atoms with Crippen LogP contribution in [0.5, 0.6) is 11.5 Å². The fourth-order valence-corrected chi connectivity index (χ4v) is 3.00. The van der Waals surface area contributed by atoms with Gasteiger partial charge in [0.05, 0.1) is 24.9 Å². The highest BCUT2D eigenvalue weighted by Crippen LogP contribution is 2.35. The van der Waals surface area contributed by atoms with E-state index in [1.54, 1.807) is 42.6 Å². The van der Waals surface area contributed by atoms with E-state index < -0.39 is 11.5 Å². The number of ether oxygens (including phenoxy) is 1. The van der Waals surface area contributed by atoms with Crippen molar-refractivity contribution in [3.63, 3.8) is 0 Å². The monoisotopic (exact) mass is 445 g/mol. The number of carbonyl (C=O) groups excluding carboxylic acids is 1. The highest BCUT2D eigenvalue weighted by molar-refractivity contribution is 6.34. The largest absolute Gasteiger partial charge is 0.503 e. The van der Waals surface area contributed by atoms with Crippen molar-refractivity contribution in [2.75, 3.05) is 7.11 Å². The van der Waals surface area contributed by atoms with Crippen LogP contribution in [-0.4, -0.2) is 28.9 Å². The zero-order valence-electron chi connectivity index (χ0n) is 15.8.